The number of hydrogen-bond acceptors (Lipinski definition) is 6. The molecule has 29 heavy (non-hydrogen) atoms. The van der Waals surface area contributed by atoms with Crippen LogP contribution >= 0.6 is 11.8 Å². The Morgan fingerprint density at radius 3 is 2.66 bits per heavy atom. The molecule has 0 saturated carbocycles. The van der Waals surface area contributed by atoms with Gasteiger partial charge in [0, 0.05) is 0 Å². The third-order valence-electron chi connectivity index (χ3n) is 4.63. The highest BCUT2D eigenvalue weighted by atomic mass is 32.2. The summed E-state index contributed by atoms with van der Waals surface area (Å²) in [6, 6.07) is 17.2. The van der Waals surface area contributed by atoms with Crippen LogP contribution < -0.4 is 5.56 Å². The molecular formula is C21H16N6OS. The Labute approximate surface area is 169 Å². The van der Waals surface area contributed by atoms with Crippen molar-refractivity contribution in [3.8, 4) is 5.69 Å². The van der Waals surface area contributed by atoms with Crippen molar-refractivity contribution in [2.24, 2.45) is 0 Å². The Bertz CT molecular complexity index is 1380. The van der Waals surface area contributed by atoms with Gasteiger partial charge in [0.1, 0.15) is 17.2 Å². The molecule has 0 aliphatic carbocycles. The topological polar surface area (TPSA) is 89.3 Å². The van der Waals surface area contributed by atoms with E-state index >= 15 is 0 Å². The van der Waals surface area contributed by atoms with Crippen molar-refractivity contribution >= 4 is 33.7 Å². The first-order valence-electron chi connectivity index (χ1n) is 9.10. The fourth-order valence-corrected chi connectivity index (χ4v) is 4.13. The highest BCUT2D eigenvalue weighted by molar-refractivity contribution is 7.99. The van der Waals surface area contributed by atoms with Crippen LogP contribution in [0.15, 0.2) is 76.9 Å². The van der Waals surface area contributed by atoms with Crippen LogP contribution in [0.25, 0.3) is 27.6 Å². The first-order valence-corrected chi connectivity index (χ1v) is 9.98. The van der Waals surface area contributed by atoms with Gasteiger partial charge in [-0.25, -0.2) is 19.6 Å². The molecule has 0 fully saturated rings. The van der Waals surface area contributed by atoms with Crippen molar-refractivity contribution < 1.29 is 0 Å². The normalized spacial score (nSPS) is 12.4. The predicted molar refractivity (Wildman–Crippen MR) is 113 cm³/mol. The summed E-state index contributed by atoms with van der Waals surface area (Å²) in [5.74, 6) is 0.612. The van der Waals surface area contributed by atoms with Gasteiger partial charge >= 0.3 is 0 Å². The molecule has 0 spiro atoms. The molecule has 0 aliphatic heterocycles. The number of H-pyrrole nitrogens is 1. The Kier molecular flexibility index (Phi) is 4.33. The summed E-state index contributed by atoms with van der Waals surface area (Å²) in [6.45, 7) is 1.99. The second kappa shape index (κ2) is 7.14. The zero-order valence-electron chi connectivity index (χ0n) is 15.5. The fraction of sp³-hybridized carbons (Fsp3) is 0.0952. The average Bonchev–Trinajstić information content (AvgIpc) is 3.19. The number of fused-ring (bicyclic) bond motifs is 2. The number of thioether (sulfide) groups is 1. The van der Waals surface area contributed by atoms with Crippen LogP contribution in [0.5, 0.6) is 0 Å². The molecule has 1 atom stereocenters. The first-order chi connectivity index (χ1) is 14.2. The lowest BCUT2D eigenvalue weighted by atomic mass is 10.2. The van der Waals surface area contributed by atoms with Crippen LogP contribution in [0, 0.1) is 0 Å². The Morgan fingerprint density at radius 2 is 1.79 bits per heavy atom. The van der Waals surface area contributed by atoms with Gasteiger partial charge < -0.3 is 4.98 Å². The number of aromatic nitrogens is 6. The maximum Gasteiger partial charge on any atom is 0.258 e. The van der Waals surface area contributed by atoms with Crippen LogP contribution in [-0.4, -0.2) is 29.7 Å². The standard InChI is InChI=1S/C21H16N6OS/c1-13(18-25-17-10-6-5-9-15(17)20(28)26-18)29-21-16-11-24-27(19(16)22-12-23-21)14-7-3-2-4-8-14/h2-13H,1H3,(H,25,26,28). The highest BCUT2D eigenvalue weighted by Crippen LogP contribution is 2.35. The van der Waals surface area contributed by atoms with Gasteiger partial charge in [0.2, 0.25) is 0 Å². The second-order valence-corrected chi connectivity index (χ2v) is 7.87. The molecule has 5 rings (SSSR count). The lowest BCUT2D eigenvalue weighted by Gasteiger charge is -2.11. The Hall–Kier alpha value is -3.52. The van der Waals surface area contributed by atoms with Crippen LogP contribution in [0.1, 0.15) is 18.0 Å². The number of aromatic amines is 1. The Balaban J connectivity index is 1.52. The quantitative estimate of drug-likeness (QED) is 0.363. The molecule has 8 heteroatoms. The zero-order valence-corrected chi connectivity index (χ0v) is 16.3. The summed E-state index contributed by atoms with van der Waals surface area (Å²) in [5, 5.41) is 6.62. The van der Waals surface area contributed by atoms with E-state index in [1.807, 2.05) is 55.5 Å². The summed E-state index contributed by atoms with van der Waals surface area (Å²) in [5.41, 5.74) is 2.22. The molecule has 2 aromatic carbocycles. The molecule has 0 aliphatic rings. The van der Waals surface area contributed by atoms with Gasteiger partial charge in [0.05, 0.1) is 33.4 Å². The lowest BCUT2D eigenvalue weighted by molar-refractivity contribution is 0.892. The van der Waals surface area contributed by atoms with Crippen molar-refractivity contribution in [2.75, 3.05) is 0 Å². The van der Waals surface area contributed by atoms with Gasteiger partial charge in [0.25, 0.3) is 5.56 Å². The summed E-state index contributed by atoms with van der Waals surface area (Å²) in [7, 11) is 0. The maximum atomic E-state index is 12.4. The van der Waals surface area contributed by atoms with Crippen molar-refractivity contribution in [3.63, 3.8) is 0 Å². The number of para-hydroxylation sites is 2. The second-order valence-electron chi connectivity index (χ2n) is 6.54. The fourth-order valence-electron chi connectivity index (χ4n) is 3.19. The van der Waals surface area contributed by atoms with Crippen LogP contribution in [0.2, 0.25) is 0 Å². The molecule has 7 nitrogen and oxygen atoms in total. The van der Waals surface area contributed by atoms with Crippen LogP contribution in [0.3, 0.4) is 0 Å². The van der Waals surface area contributed by atoms with Gasteiger partial charge in [-0.15, -0.1) is 0 Å². The minimum atomic E-state index is -0.136. The maximum absolute atomic E-state index is 12.4. The molecule has 0 bridgehead atoms. The van der Waals surface area contributed by atoms with Crippen molar-refractivity contribution in [1.29, 1.82) is 0 Å². The van der Waals surface area contributed by atoms with E-state index in [1.165, 1.54) is 18.1 Å². The van der Waals surface area contributed by atoms with E-state index in [1.54, 1.807) is 16.9 Å². The van der Waals surface area contributed by atoms with Crippen molar-refractivity contribution in [1.82, 2.24) is 29.7 Å². The molecule has 3 aromatic heterocycles. The summed E-state index contributed by atoms with van der Waals surface area (Å²) in [6.07, 6.45) is 3.31. The average molecular weight is 400 g/mol. The minimum Gasteiger partial charge on any atom is -0.309 e. The van der Waals surface area contributed by atoms with Crippen LogP contribution in [0.4, 0.5) is 0 Å². The zero-order chi connectivity index (χ0) is 19.8. The molecule has 1 unspecified atom stereocenters. The smallest absolute Gasteiger partial charge is 0.258 e. The van der Waals surface area contributed by atoms with E-state index in [4.69, 9.17) is 0 Å². The molecular weight excluding hydrogens is 384 g/mol. The predicted octanol–water partition coefficient (Wildman–Crippen LogP) is 3.91. The molecule has 142 valence electrons. The van der Waals surface area contributed by atoms with E-state index in [0.717, 1.165) is 21.7 Å². The van der Waals surface area contributed by atoms with Gasteiger partial charge in [-0.05, 0) is 31.2 Å². The van der Waals surface area contributed by atoms with E-state index in [2.05, 4.69) is 25.0 Å². The molecule has 1 N–H and O–H groups in total. The van der Waals surface area contributed by atoms with E-state index in [0.29, 0.717) is 16.7 Å². The van der Waals surface area contributed by atoms with Gasteiger partial charge in [-0.2, -0.15) is 5.10 Å². The van der Waals surface area contributed by atoms with Gasteiger partial charge in [-0.1, -0.05) is 42.1 Å². The molecule has 0 saturated heterocycles. The van der Waals surface area contributed by atoms with Gasteiger partial charge in [0.15, 0.2) is 5.65 Å². The third kappa shape index (κ3) is 3.17. The molecule has 0 amide bonds. The van der Waals surface area contributed by atoms with Gasteiger partial charge in [-0.3, -0.25) is 4.79 Å². The van der Waals surface area contributed by atoms with Crippen LogP contribution in [-0.2, 0) is 0 Å². The molecule has 5 aromatic rings. The largest absolute Gasteiger partial charge is 0.309 e. The van der Waals surface area contributed by atoms with Crippen molar-refractivity contribution in [3.05, 3.63) is 83.3 Å². The Morgan fingerprint density at radius 1 is 1.00 bits per heavy atom. The lowest BCUT2D eigenvalue weighted by Crippen LogP contribution is -2.12. The number of rotatable bonds is 4. The monoisotopic (exact) mass is 400 g/mol. The van der Waals surface area contributed by atoms with E-state index < -0.39 is 0 Å². The first kappa shape index (κ1) is 17.6. The summed E-state index contributed by atoms with van der Waals surface area (Å²) >= 11 is 1.51. The highest BCUT2D eigenvalue weighted by Gasteiger charge is 2.17. The molecule has 3 heterocycles. The number of hydrogen-bond donors (Lipinski definition) is 1. The van der Waals surface area contributed by atoms with E-state index in [-0.39, 0.29) is 10.8 Å². The SMILES string of the molecule is CC(Sc1ncnc2c1cnn2-c1ccccc1)c1nc2ccccc2c(=O)[nH]1. The minimum absolute atomic E-state index is 0.106. The summed E-state index contributed by atoms with van der Waals surface area (Å²) in [4.78, 5) is 28.8. The third-order valence-corrected chi connectivity index (χ3v) is 5.76. The number of nitrogens with one attached hydrogen (secondary N) is 1. The number of benzene rings is 2. The molecule has 0 radical (unpaired) electrons. The number of nitrogens with zero attached hydrogens (tertiary/aromatic N) is 5. The summed E-state index contributed by atoms with van der Waals surface area (Å²) < 4.78 is 1.79. The van der Waals surface area contributed by atoms with Crippen molar-refractivity contribution in [2.45, 2.75) is 17.2 Å². The van der Waals surface area contributed by atoms with E-state index in [9.17, 15) is 4.79 Å².